The minimum Gasteiger partial charge on any atom is -0.395 e. The van der Waals surface area contributed by atoms with Gasteiger partial charge in [-0.3, -0.25) is 0 Å². The summed E-state index contributed by atoms with van der Waals surface area (Å²) < 4.78 is 1.64. The predicted octanol–water partition coefficient (Wildman–Crippen LogP) is -0.174. The van der Waals surface area contributed by atoms with Crippen molar-refractivity contribution in [3.05, 3.63) is 30.2 Å². The molecule has 7 heteroatoms. The van der Waals surface area contributed by atoms with Crippen molar-refractivity contribution in [2.24, 2.45) is 5.41 Å². The zero-order valence-electron chi connectivity index (χ0n) is 12.6. The number of hydrogen-bond donors (Lipinski definition) is 4. The monoisotopic (exact) mass is 314 g/mol. The molecule has 0 spiro atoms. The second-order valence-electron chi connectivity index (χ2n) is 6.03. The summed E-state index contributed by atoms with van der Waals surface area (Å²) in [5.41, 5.74) is 6.31. The van der Waals surface area contributed by atoms with Gasteiger partial charge in [-0.05, 0) is 5.57 Å². The quantitative estimate of drug-likeness (QED) is 0.451. The molecule has 1 fully saturated rings. The van der Waals surface area contributed by atoms with Crippen molar-refractivity contribution in [3.8, 4) is 12.3 Å². The number of hydrogen-bond acceptors (Lipinski definition) is 6. The van der Waals surface area contributed by atoms with Crippen LogP contribution in [0.1, 0.15) is 18.5 Å². The molecule has 4 atom stereocenters. The van der Waals surface area contributed by atoms with E-state index in [0.29, 0.717) is 22.2 Å². The van der Waals surface area contributed by atoms with Gasteiger partial charge in [0.25, 0.3) is 0 Å². The summed E-state index contributed by atoms with van der Waals surface area (Å²) >= 11 is 0. The van der Waals surface area contributed by atoms with E-state index in [-0.39, 0.29) is 12.4 Å². The summed E-state index contributed by atoms with van der Waals surface area (Å²) in [7, 11) is 0. The van der Waals surface area contributed by atoms with Crippen LogP contribution >= 0.6 is 0 Å². The number of fused-ring (bicyclic) bond motifs is 1. The van der Waals surface area contributed by atoms with Gasteiger partial charge < -0.3 is 25.6 Å². The molecule has 120 valence electrons. The Morgan fingerprint density at radius 1 is 1.48 bits per heavy atom. The molecule has 3 rings (SSSR count). The second-order valence-corrected chi connectivity index (χ2v) is 6.03. The molecule has 5 N–H and O–H groups in total. The van der Waals surface area contributed by atoms with Gasteiger partial charge in [-0.25, -0.2) is 9.97 Å². The third-order valence-corrected chi connectivity index (χ3v) is 4.81. The summed E-state index contributed by atoms with van der Waals surface area (Å²) in [4.78, 5) is 8.14. The molecule has 0 aromatic carbocycles. The highest BCUT2D eigenvalue weighted by atomic mass is 16.3. The number of aliphatic hydroxyl groups excluding tert-OH is 3. The van der Waals surface area contributed by atoms with Crippen molar-refractivity contribution >= 4 is 16.9 Å². The summed E-state index contributed by atoms with van der Waals surface area (Å²) in [6.45, 7) is 5.29. The minimum atomic E-state index is -1.16. The first-order chi connectivity index (χ1) is 10.9. The second kappa shape index (κ2) is 5.06. The number of nitrogens with two attached hydrogens (primary N) is 1. The zero-order valence-corrected chi connectivity index (χ0v) is 12.6. The Kier molecular flexibility index (Phi) is 3.41. The van der Waals surface area contributed by atoms with Crippen molar-refractivity contribution in [1.29, 1.82) is 0 Å². The van der Waals surface area contributed by atoms with Crippen LogP contribution in [0.15, 0.2) is 24.7 Å². The molecule has 2 aromatic heterocycles. The van der Waals surface area contributed by atoms with Crippen LogP contribution in [0, 0.1) is 17.8 Å². The summed E-state index contributed by atoms with van der Waals surface area (Å²) in [6, 6.07) is -0.680. The molecule has 23 heavy (non-hydrogen) atoms. The average molecular weight is 314 g/mol. The van der Waals surface area contributed by atoms with Crippen molar-refractivity contribution in [3.63, 3.8) is 0 Å². The first-order valence-corrected chi connectivity index (χ1v) is 7.10. The number of rotatable bonds is 2. The zero-order chi connectivity index (χ0) is 16.9. The molecule has 0 unspecified atom stereocenters. The lowest BCUT2D eigenvalue weighted by Crippen LogP contribution is -2.37. The van der Waals surface area contributed by atoms with Crippen molar-refractivity contribution < 1.29 is 15.3 Å². The van der Waals surface area contributed by atoms with Gasteiger partial charge in [0, 0.05) is 11.6 Å². The maximum absolute atomic E-state index is 10.5. The van der Waals surface area contributed by atoms with Gasteiger partial charge in [0.15, 0.2) is 0 Å². The largest absolute Gasteiger partial charge is 0.395 e. The fraction of sp³-hybridized carbons (Fsp3) is 0.375. The first kappa shape index (κ1) is 15.5. The maximum atomic E-state index is 10.5. The van der Waals surface area contributed by atoms with Gasteiger partial charge in [-0.1, -0.05) is 19.4 Å². The number of aromatic nitrogens is 3. The SMILES string of the molecule is C#Cc1cn([C@@H]2C(=C)[C@](C)(CO)[C@@H](O)[C@H]2O)c2ncnc(N)c12. The predicted molar refractivity (Wildman–Crippen MR) is 85.3 cm³/mol. The van der Waals surface area contributed by atoms with E-state index in [1.807, 2.05) is 0 Å². The topological polar surface area (TPSA) is 117 Å². The molecule has 0 radical (unpaired) electrons. The molecule has 0 bridgehead atoms. The average Bonchev–Trinajstić information content (AvgIpc) is 2.99. The molecular weight excluding hydrogens is 296 g/mol. The minimum absolute atomic E-state index is 0.241. The van der Waals surface area contributed by atoms with E-state index in [0.717, 1.165) is 0 Å². The fourth-order valence-electron chi connectivity index (χ4n) is 3.24. The maximum Gasteiger partial charge on any atom is 0.147 e. The lowest BCUT2D eigenvalue weighted by atomic mass is 9.84. The lowest BCUT2D eigenvalue weighted by Gasteiger charge is -2.27. The van der Waals surface area contributed by atoms with Gasteiger partial charge in [0.2, 0.25) is 0 Å². The van der Waals surface area contributed by atoms with Gasteiger partial charge in [-0.2, -0.15) is 0 Å². The molecule has 2 heterocycles. The van der Waals surface area contributed by atoms with E-state index in [2.05, 4.69) is 22.5 Å². The number of aliphatic hydroxyl groups is 3. The van der Waals surface area contributed by atoms with Crippen molar-refractivity contribution in [1.82, 2.24) is 14.5 Å². The van der Waals surface area contributed by atoms with Crippen molar-refractivity contribution in [2.75, 3.05) is 12.3 Å². The lowest BCUT2D eigenvalue weighted by molar-refractivity contribution is -0.0358. The van der Waals surface area contributed by atoms with Gasteiger partial charge in [0.1, 0.15) is 23.9 Å². The highest BCUT2D eigenvalue weighted by Gasteiger charge is 2.53. The first-order valence-electron chi connectivity index (χ1n) is 7.10. The molecule has 0 saturated heterocycles. The van der Waals surface area contributed by atoms with Crippen LogP contribution in [-0.4, -0.2) is 48.7 Å². The van der Waals surface area contributed by atoms with Crippen LogP contribution in [0.25, 0.3) is 11.0 Å². The Balaban J connectivity index is 2.24. The molecule has 7 nitrogen and oxygen atoms in total. The van der Waals surface area contributed by atoms with Crippen LogP contribution in [-0.2, 0) is 0 Å². The highest BCUT2D eigenvalue weighted by Crippen LogP contribution is 2.49. The van der Waals surface area contributed by atoms with E-state index in [1.165, 1.54) is 6.33 Å². The number of terminal acetylenes is 1. The number of nitrogens with zero attached hydrogens (tertiary/aromatic N) is 3. The summed E-state index contributed by atoms with van der Waals surface area (Å²) in [5.74, 6) is 2.77. The fourth-order valence-corrected chi connectivity index (χ4v) is 3.24. The molecule has 2 aromatic rings. The van der Waals surface area contributed by atoms with E-state index in [1.54, 1.807) is 17.7 Å². The molecule has 1 aliphatic carbocycles. The number of nitrogen functional groups attached to an aromatic ring is 1. The van der Waals surface area contributed by atoms with E-state index >= 15 is 0 Å². The van der Waals surface area contributed by atoms with Gasteiger partial charge in [-0.15, -0.1) is 6.42 Å². The summed E-state index contributed by atoms with van der Waals surface area (Å²) in [6.07, 6.45) is 6.15. The Bertz CT molecular complexity index is 838. The van der Waals surface area contributed by atoms with Gasteiger partial charge in [0.05, 0.1) is 29.7 Å². The summed E-state index contributed by atoms with van der Waals surface area (Å²) in [5, 5.41) is 31.0. The van der Waals surface area contributed by atoms with Crippen LogP contribution in [0.3, 0.4) is 0 Å². The molecule has 0 amide bonds. The highest BCUT2D eigenvalue weighted by molar-refractivity contribution is 5.92. The molecule has 1 saturated carbocycles. The van der Waals surface area contributed by atoms with Crippen molar-refractivity contribution in [2.45, 2.75) is 25.2 Å². The number of anilines is 1. The Morgan fingerprint density at radius 2 is 2.17 bits per heavy atom. The van der Waals surface area contributed by atoms with Gasteiger partial charge >= 0.3 is 0 Å². The third kappa shape index (κ3) is 1.90. The molecule has 0 aliphatic heterocycles. The normalized spacial score (nSPS) is 30.7. The Morgan fingerprint density at radius 3 is 2.74 bits per heavy atom. The molecular formula is C16H18N4O3. The third-order valence-electron chi connectivity index (χ3n) is 4.81. The van der Waals surface area contributed by atoms with Crippen LogP contribution < -0.4 is 5.73 Å². The van der Waals surface area contributed by atoms with Crippen LogP contribution in [0.2, 0.25) is 0 Å². The molecule has 1 aliphatic rings. The van der Waals surface area contributed by atoms with E-state index in [4.69, 9.17) is 12.2 Å². The van der Waals surface area contributed by atoms with Crippen LogP contribution in [0.4, 0.5) is 5.82 Å². The Labute approximate surface area is 133 Å². The van der Waals surface area contributed by atoms with E-state index in [9.17, 15) is 15.3 Å². The van der Waals surface area contributed by atoms with E-state index < -0.39 is 23.7 Å². The smallest absolute Gasteiger partial charge is 0.147 e. The Hall–Kier alpha value is -2.40. The standard InChI is InChI=1S/C16H18N4O3/c1-4-9-5-20(15-10(9)14(17)18-7-19-15)11-8(2)16(3,6-21)13(23)12(11)22/h1,5,7,11-13,21-23H,2,6H2,3H3,(H2,17,18,19)/t11-,12+,13+,16+/m1/s1. The van der Waals surface area contributed by atoms with Crippen LogP contribution in [0.5, 0.6) is 0 Å².